The van der Waals surface area contributed by atoms with E-state index in [4.69, 9.17) is 0 Å². The Hall–Kier alpha value is -3.21. The van der Waals surface area contributed by atoms with Gasteiger partial charge in [-0.25, -0.2) is 0 Å². The van der Waals surface area contributed by atoms with Crippen LogP contribution in [0.3, 0.4) is 0 Å². The summed E-state index contributed by atoms with van der Waals surface area (Å²) in [4.78, 5) is 12.5. The van der Waals surface area contributed by atoms with Crippen molar-refractivity contribution in [2.24, 2.45) is 0 Å². The number of amides is 1. The van der Waals surface area contributed by atoms with Crippen LogP contribution in [0.1, 0.15) is 264 Å². The Morgan fingerprint density at radius 3 is 0.957 bits per heavy atom. The van der Waals surface area contributed by atoms with Gasteiger partial charge in [-0.3, -0.25) is 4.79 Å². The monoisotopic (exact) mass is 954 g/mol. The van der Waals surface area contributed by atoms with Crippen LogP contribution in [0.25, 0.3) is 0 Å². The predicted octanol–water partition coefficient (Wildman–Crippen LogP) is 19.6. The molecular formula is C65H111NO3. The zero-order valence-corrected chi connectivity index (χ0v) is 45.3. The first-order valence-electron chi connectivity index (χ1n) is 29.2. The Balaban J connectivity index is 3.59. The number of carbonyl (C=O) groups is 1. The van der Waals surface area contributed by atoms with Gasteiger partial charge in [-0.2, -0.15) is 0 Å². The second-order valence-electron chi connectivity index (χ2n) is 19.3. The fourth-order valence-electron chi connectivity index (χ4n) is 8.29. The minimum absolute atomic E-state index is 0.0704. The molecule has 0 fully saturated rings. The molecule has 0 aliphatic rings. The van der Waals surface area contributed by atoms with Gasteiger partial charge in [0, 0.05) is 6.42 Å². The number of carbonyl (C=O) groups excluding carboxylic acids is 1. The second kappa shape index (κ2) is 59.1. The minimum Gasteiger partial charge on any atom is -0.394 e. The van der Waals surface area contributed by atoms with E-state index in [9.17, 15) is 15.0 Å². The van der Waals surface area contributed by atoms with Crippen molar-refractivity contribution in [3.8, 4) is 0 Å². The van der Waals surface area contributed by atoms with E-state index >= 15 is 0 Å². The fourth-order valence-corrected chi connectivity index (χ4v) is 8.29. The smallest absolute Gasteiger partial charge is 0.220 e. The number of aliphatic hydroxyl groups is 2. The van der Waals surface area contributed by atoms with Crippen LogP contribution in [0.15, 0.2) is 122 Å². The Kier molecular flexibility index (Phi) is 56.4. The average Bonchev–Trinajstić information content (AvgIpc) is 3.35. The van der Waals surface area contributed by atoms with Gasteiger partial charge < -0.3 is 15.5 Å². The largest absolute Gasteiger partial charge is 0.394 e. The highest BCUT2D eigenvalue weighted by molar-refractivity contribution is 5.76. The van der Waals surface area contributed by atoms with Crippen LogP contribution < -0.4 is 5.32 Å². The molecule has 69 heavy (non-hydrogen) atoms. The van der Waals surface area contributed by atoms with Crippen molar-refractivity contribution in [1.29, 1.82) is 0 Å². The van der Waals surface area contributed by atoms with Gasteiger partial charge in [-0.1, -0.05) is 289 Å². The summed E-state index contributed by atoms with van der Waals surface area (Å²) in [5.74, 6) is -0.0704. The molecular weight excluding hydrogens is 843 g/mol. The second-order valence-corrected chi connectivity index (χ2v) is 19.3. The topological polar surface area (TPSA) is 69.6 Å². The molecule has 0 bridgehead atoms. The first-order valence-corrected chi connectivity index (χ1v) is 29.2. The molecule has 0 heterocycles. The quantitative estimate of drug-likeness (QED) is 0.0420. The maximum Gasteiger partial charge on any atom is 0.220 e. The summed E-state index contributed by atoms with van der Waals surface area (Å²) in [6.45, 7) is 4.20. The number of hydrogen-bond acceptors (Lipinski definition) is 3. The molecule has 0 aromatic heterocycles. The lowest BCUT2D eigenvalue weighted by atomic mass is 10.0. The zero-order chi connectivity index (χ0) is 49.9. The van der Waals surface area contributed by atoms with Crippen molar-refractivity contribution in [3.63, 3.8) is 0 Å². The molecule has 0 radical (unpaired) electrons. The highest BCUT2D eigenvalue weighted by Gasteiger charge is 2.18. The van der Waals surface area contributed by atoms with E-state index in [0.29, 0.717) is 6.42 Å². The minimum atomic E-state index is -0.848. The summed E-state index contributed by atoms with van der Waals surface area (Å²) < 4.78 is 0. The molecule has 0 rings (SSSR count). The number of nitrogens with one attached hydrogen (secondary N) is 1. The van der Waals surface area contributed by atoms with Crippen molar-refractivity contribution in [2.75, 3.05) is 6.61 Å². The average molecular weight is 955 g/mol. The summed E-state index contributed by atoms with van der Waals surface area (Å²) in [6, 6.07) is -0.631. The standard InChI is InChI=1S/C65H111NO3/c1-3-5-7-9-11-13-15-17-19-21-23-24-25-26-27-28-29-30-31-32-33-34-35-36-37-38-39-40-41-42-43-45-47-49-51-53-55-57-59-61-65(69)66-63(62-67)64(68)60-58-56-54-52-50-48-46-44-22-20-18-16-14-12-10-8-6-4-2/h5,7,11,13,17,19,23-24,26-27,29-30,32-33,35-36,38-39,58,60,63-64,67-68H,3-4,6,8-10,12,14-16,18,20-22,25,28,31,34,37,40-57,59,61-62H2,1-2H3,(H,66,69)/b7-5-,13-11-,19-17-,24-23-,27-26-,30-29-,33-32-,36-35-,39-38-,60-58+. The van der Waals surface area contributed by atoms with Crippen molar-refractivity contribution in [1.82, 2.24) is 5.32 Å². The van der Waals surface area contributed by atoms with Gasteiger partial charge in [0.05, 0.1) is 18.8 Å². The molecule has 0 aromatic rings. The molecule has 0 aliphatic heterocycles. The number of rotatable bonds is 52. The summed E-state index contributed by atoms with van der Waals surface area (Å²) in [5, 5.41) is 23.2. The summed E-state index contributed by atoms with van der Waals surface area (Å²) in [5.41, 5.74) is 0. The molecule has 3 N–H and O–H groups in total. The zero-order valence-electron chi connectivity index (χ0n) is 45.3. The van der Waals surface area contributed by atoms with Crippen LogP contribution in [0.2, 0.25) is 0 Å². The SMILES string of the molecule is CC/C=C\C/C=C\C/C=C\C/C=C\C/C=C\C/C=C\C/C=C\C/C=C\C/C=C\CCCCCCCCCCCCCC(=O)NC(CO)C(O)/C=C/CCCCCCCCCCCCCCCCCC. The summed E-state index contributed by atoms with van der Waals surface area (Å²) >= 11 is 0. The molecule has 0 spiro atoms. The van der Waals surface area contributed by atoms with Crippen LogP contribution in [-0.4, -0.2) is 34.9 Å². The molecule has 394 valence electrons. The molecule has 2 unspecified atom stereocenters. The van der Waals surface area contributed by atoms with Gasteiger partial charge in [0.15, 0.2) is 0 Å². The van der Waals surface area contributed by atoms with E-state index in [1.165, 1.54) is 161 Å². The van der Waals surface area contributed by atoms with E-state index in [-0.39, 0.29) is 12.5 Å². The van der Waals surface area contributed by atoms with Crippen LogP contribution in [0, 0.1) is 0 Å². The third-order valence-electron chi connectivity index (χ3n) is 12.7. The Labute approximate surface area is 428 Å². The van der Waals surface area contributed by atoms with Gasteiger partial charge in [0.2, 0.25) is 5.91 Å². The van der Waals surface area contributed by atoms with Crippen LogP contribution in [0.5, 0.6) is 0 Å². The third kappa shape index (κ3) is 55.6. The van der Waals surface area contributed by atoms with Crippen LogP contribution in [0.4, 0.5) is 0 Å². The molecule has 0 saturated heterocycles. The van der Waals surface area contributed by atoms with Crippen molar-refractivity contribution in [2.45, 2.75) is 276 Å². The number of allylic oxidation sites excluding steroid dienone is 19. The number of hydrogen-bond donors (Lipinski definition) is 3. The van der Waals surface area contributed by atoms with Crippen molar-refractivity contribution in [3.05, 3.63) is 122 Å². The lowest BCUT2D eigenvalue weighted by Gasteiger charge is -2.20. The van der Waals surface area contributed by atoms with Crippen LogP contribution in [-0.2, 0) is 4.79 Å². The molecule has 4 heteroatoms. The molecule has 0 saturated carbocycles. The lowest BCUT2D eigenvalue weighted by molar-refractivity contribution is -0.123. The van der Waals surface area contributed by atoms with Gasteiger partial charge in [-0.05, 0) is 89.9 Å². The Morgan fingerprint density at radius 2 is 0.638 bits per heavy atom. The highest BCUT2D eigenvalue weighted by Crippen LogP contribution is 2.16. The van der Waals surface area contributed by atoms with E-state index in [2.05, 4.69) is 129 Å². The lowest BCUT2D eigenvalue weighted by Crippen LogP contribution is -2.45. The Bertz CT molecular complexity index is 1360. The predicted molar refractivity (Wildman–Crippen MR) is 308 cm³/mol. The van der Waals surface area contributed by atoms with Crippen molar-refractivity contribution >= 4 is 5.91 Å². The van der Waals surface area contributed by atoms with Crippen molar-refractivity contribution < 1.29 is 15.0 Å². The van der Waals surface area contributed by atoms with E-state index < -0.39 is 12.1 Å². The normalized spacial score (nSPS) is 13.7. The molecule has 0 aliphatic carbocycles. The van der Waals surface area contributed by atoms with Gasteiger partial charge >= 0.3 is 0 Å². The van der Waals surface area contributed by atoms with Gasteiger partial charge in [-0.15, -0.1) is 0 Å². The molecule has 2 atom stereocenters. The third-order valence-corrected chi connectivity index (χ3v) is 12.7. The fraction of sp³-hybridized carbons (Fsp3) is 0.677. The summed E-state index contributed by atoms with van der Waals surface area (Å²) in [6.07, 6.45) is 90.7. The first-order chi connectivity index (χ1) is 34.2. The van der Waals surface area contributed by atoms with Gasteiger partial charge in [0.1, 0.15) is 0 Å². The Morgan fingerprint density at radius 1 is 0.362 bits per heavy atom. The highest BCUT2D eigenvalue weighted by atomic mass is 16.3. The number of unbranched alkanes of at least 4 members (excludes halogenated alkanes) is 27. The van der Waals surface area contributed by atoms with E-state index in [1.807, 2.05) is 6.08 Å². The maximum atomic E-state index is 12.5. The summed E-state index contributed by atoms with van der Waals surface area (Å²) in [7, 11) is 0. The van der Waals surface area contributed by atoms with E-state index in [1.54, 1.807) is 6.08 Å². The van der Waals surface area contributed by atoms with Gasteiger partial charge in [0.25, 0.3) is 0 Å². The number of aliphatic hydroxyl groups excluding tert-OH is 2. The molecule has 1 amide bonds. The molecule has 0 aromatic carbocycles. The first kappa shape index (κ1) is 65.8. The maximum absolute atomic E-state index is 12.5. The van der Waals surface area contributed by atoms with Crippen LogP contribution >= 0.6 is 0 Å². The molecule has 4 nitrogen and oxygen atoms in total. The van der Waals surface area contributed by atoms with E-state index in [0.717, 1.165) is 83.5 Å².